The number of fused-ring (bicyclic) bond motifs is 1. The average Bonchev–Trinajstić information content (AvgIpc) is 3.13. The van der Waals surface area contributed by atoms with Crippen LogP contribution in [0.1, 0.15) is 17.3 Å². The van der Waals surface area contributed by atoms with Crippen molar-refractivity contribution in [3.63, 3.8) is 0 Å². The molecule has 0 saturated heterocycles. The molecule has 1 aliphatic heterocycles. The minimum absolute atomic E-state index is 0.0369. The molecule has 4 nitrogen and oxygen atoms in total. The summed E-state index contributed by atoms with van der Waals surface area (Å²) in [4.78, 5) is 14.9. The second kappa shape index (κ2) is 6.85. The lowest BCUT2D eigenvalue weighted by Gasteiger charge is -2.37. The molecule has 4 heteroatoms. The third kappa shape index (κ3) is 3.29. The summed E-state index contributed by atoms with van der Waals surface area (Å²) in [6, 6.07) is 24.2. The summed E-state index contributed by atoms with van der Waals surface area (Å²) in [6.45, 7) is 1.54. The van der Waals surface area contributed by atoms with Crippen molar-refractivity contribution in [2.75, 3.05) is 11.9 Å². The van der Waals surface area contributed by atoms with Crippen LogP contribution in [0.2, 0.25) is 0 Å². The minimum Gasteiger partial charge on any atom is -0.348 e. The van der Waals surface area contributed by atoms with Gasteiger partial charge in [-0.25, -0.2) is 4.79 Å². The van der Waals surface area contributed by atoms with Gasteiger partial charge in [0.15, 0.2) is 0 Å². The number of urea groups is 1. The number of nitrogens with zero attached hydrogens (tertiary/aromatic N) is 2. The lowest BCUT2D eigenvalue weighted by atomic mass is 10.0. The highest BCUT2D eigenvalue weighted by atomic mass is 16.2. The predicted molar refractivity (Wildman–Crippen MR) is 99.5 cm³/mol. The summed E-state index contributed by atoms with van der Waals surface area (Å²) in [6.07, 6.45) is 2.91. The molecule has 0 fully saturated rings. The maximum absolute atomic E-state index is 12.9. The van der Waals surface area contributed by atoms with Gasteiger partial charge in [-0.3, -0.25) is 0 Å². The van der Waals surface area contributed by atoms with Crippen LogP contribution in [0.4, 0.5) is 10.5 Å². The van der Waals surface area contributed by atoms with Crippen LogP contribution < -0.4 is 5.32 Å². The van der Waals surface area contributed by atoms with Crippen molar-refractivity contribution in [1.29, 1.82) is 0 Å². The normalized spacial score (nSPS) is 16.3. The highest BCUT2D eigenvalue weighted by Gasteiger charge is 2.31. The van der Waals surface area contributed by atoms with Crippen LogP contribution in [-0.4, -0.2) is 22.0 Å². The smallest absolute Gasteiger partial charge is 0.322 e. The van der Waals surface area contributed by atoms with Crippen molar-refractivity contribution in [3.05, 3.63) is 90.3 Å². The Kier molecular flexibility index (Phi) is 4.25. The van der Waals surface area contributed by atoms with Crippen LogP contribution in [0.25, 0.3) is 0 Å². The number of nitrogens with one attached hydrogen (secondary N) is 1. The topological polar surface area (TPSA) is 37.3 Å². The second-order valence-corrected chi connectivity index (χ2v) is 6.32. The Labute approximate surface area is 147 Å². The van der Waals surface area contributed by atoms with E-state index in [-0.39, 0.29) is 12.1 Å². The van der Waals surface area contributed by atoms with Crippen LogP contribution >= 0.6 is 0 Å². The van der Waals surface area contributed by atoms with Gasteiger partial charge in [0.05, 0.1) is 6.04 Å². The number of hydrogen-bond donors (Lipinski definition) is 1. The van der Waals surface area contributed by atoms with Crippen LogP contribution in [-0.2, 0) is 13.0 Å². The third-order valence-corrected chi connectivity index (χ3v) is 4.72. The van der Waals surface area contributed by atoms with Crippen molar-refractivity contribution in [2.24, 2.45) is 0 Å². The maximum Gasteiger partial charge on any atom is 0.322 e. The number of anilines is 1. The largest absolute Gasteiger partial charge is 0.348 e. The number of carbonyl (C=O) groups is 1. The Morgan fingerprint density at radius 1 is 0.920 bits per heavy atom. The fraction of sp³-hybridized carbons (Fsp3) is 0.190. The summed E-state index contributed by atoms with van der Waals surface area (Å²) in [5.41, 5.74) is 3.25. The van der Waals surface area contributed by atoms with Gasteiger partial charge in [0.25, 0.3) is 0 Å². The Morgan fingerprint density at radius 3 is 2.40 bits per heavy atom. The van der Waals surface area contributed by atoms with Crippen molar-refractivity contribution >= 4 is 11.7 Å². The first-order chi connectivity index (χ1) is 12.3. The Balaban J connectivity index is 1.60. The van der Waals surface area contributed by atoms with Crippen LogP contribution in [0.5, 0.6) is 0 Å². The molecule has 1 aliphatic rings. The maximum atomic E-state index is 12.9. The summed E-state index contributed by atoms with van der Waals surface area (Å²) < 4.78 is 2.25. The number of carbonyl (C=O) groups excluding carboxylic acids is 1. The highest BCUT2D eigenvalue weighted by Crippen LogP contribution is 2.30. The highest BCUT2D eigenvalue weighted by molar-refractivity contribution is 5.89. The molecule has 0 aliphatic carbocycles. The molecule has 1 N–H and O–H groups in total. The third-order valence-electron chi connectivity index (χ3n) is 4.72. The van der Waals surface area contributed by atoms with Gasteiger partial charge in [0, 0.05) is 30.7 Å². The van der Waals surface area contributed by atoms with E-state index in [9.17, 15) is 4.79 Å². The molecule has 4 rings (SSSR count). The van der Waals surface area contributed by atoms with E-state index in [1.807, 2.05) is 53.4 Å². The van der Waals surface area contributed by atoms with Crippen molar-refractivity contribution < 1.29 is 4.79 Å². The molecular formula is C21H21N3O. The lowest BCUT2D eigenvalue weighted by Crippen LogP contribution is -2.44. The van der Waals surface area contributed by atoms with Gasteiger partial charge >= 0.3 is 6.03 Å². The van der Waals surface area contributed by atoms with Crippen molar-refractivity contribution in [3.8, 4) is 0 Å². The fourth-order valence-electron chi connectivity index (χ4n) is 3.48. The molecule has 126 valence electrons. The summed E-state index contributed by atoms with van der Waals surface area (Å²) in [7, 11) is 0. The minimum atomic E-state index is -0.0421. The van der Waals surface area contributed by atoms with Crippen molar-refractivity contribution in [2.45, 2.75) is 19.0 Å². The first kappa shape index (κ1) is 15.5. The van der Waals surface area contributed by atoms with Gasteiger partial charge < -0.3 is 14.8 Å². The number of rotatable bonds is 3. The summed E-state index contributed by atoms with van der Waals surface area (Å²) >= 11 is 0. The van der Waals surface area contributed by atoms with E-state index in [2.05, 4.69) is 40.3 Å². The van der Waals surface area contributed by atoms with E-state index in [0.29, 0.717) is 6.54 Å². The lowest BCUT2D eigenvalue weighted by molar-refractivity contribution is 0.167. The number of para-hydroxylation sites is 1. The summed E-state index contributed by atoms with van der Waals surface area (Å²) in [5.74, 6) is 0. The molecule has 0 saturated carbocycles. The number of hydrogen-bond acceptors (Lipinski definition) is 1. The fourth-order valence-corrected chi connectivity index (χ4v) is 3.48. The van der Waals surface area contributed by atoms with E-state index < -0.39 is 0 Å². The monoisotopic (exact) mass is 331 g/mol. The Morgan fingerprint density at radius 2 is 1.64 bits per heavy atom. The molecule has 1 atom stereocenters. The molecular weight excluding hydrogens is 310 g/mol. The first-order valence-corrected chi connectivity index (χ1v) is 8.63. The zero-order valence-electron chi connectivity index (χ0n) is 14.0. The molecule has 0 radical (unpaired) electrons. The molecule has 2 amide bonds. The zero-order valence-corrected chi connectivity index (χ0v) is 14.0. The van der Waals surface area contributed by atoms with Crippen LogP contribution in [0.15, 0.2) is 79.0 Å². The van der Waals surface area contributed by atoms with E-state index in [0.717, 1.165) is 18.7 Å². The molecule has 0 spiro atoms. The van der Waals surface area contributed by atoms with Gasteiger partial charge in [-0.1, -0.05) is 48.5 Å². The predicted octanol–water partition coefficient (Wildman–Crippen LogP) is 4.32. The molecule has 0 bridgehead atoms. The molecule has 25 heavy (non-hydrogen) atoms. The van der Waals surface area contributed by atoms with E-state index >= 15 is 0 Å². The van der Waals surface area contributed by atoms with Gasteiger partial charge in [0.2, 0.25) is 0 Å². The number of amides is 2. The standard InChI is InChI=1S/C21H21N3O/c25-21(22-18-10-5-2-6-11-18)24-15-14-23-13-7-12-19(23)20(24)16-17-8-3-1-4-9-17/h1-13,20H,14-16H2,(H,22,25). The molecule has 2 aromatic carbocycles. The number of aromatic nitrogens is 1. The SMILES string of the molecule is O=C(Nc1ccccc1)N1CCn2cccc2C1Cc1ccccc1. The Bertz CT molecular complexity index is 842. The molecule has 1 unspecified atom stereocenters. The molecule has 1 aromatic heterocycles. The van der Waals surface area contributed by atoms with Gasteiger partial charge in [-0.15, -0.1) is 0 Å². The average molecular weight is 331 g/mol. The first-order valence-electron chi connectivity index (χ1n) is 8.63. The van der Waals surface area contributed by atoms with Gasteiger partial charge in [0.1, 0.15) is 0 Å². The second-order valence-electron chi connectivity index (χ2n) is 6.32. The number of benzene rings is 2. The van der Waals surface area contributed by atoms with Crippen molar-refractivity contribution in [1.82, 2.24) is 9.47 Å². The molecule has 3 aromatic rings. The Hall–Kier alpha value is -3.01. The van der Waals surface area contributed by atoms with Crippen LogP contribution in [0.3, 0.4) is 0 Å². The van der Waals surface area contributed by atoms with E-state index in [4.69, 9.17) is 0 Å². The van der Waals surface area contributed by atoms with E-state index in [1.165, 1.54) is 11.3 Å². The summed E-state index contributed by atoms with van der Waals surface area (Å²) in [5, 5.41) is 3.03. The quantitative estimate of drug-likeness (QED) is 0.762. The van der Waals surface area contributed by atoms with Crippen LogP contribution in [0, 0.1) is 0 Å². The molecule has 2 heterocycles. The van der Waals surface area contributed by atoms with Gasteiger partial charge in [-0.2, -0.15) is 0 Å². The zero-order chi connectivity index (χ0) is 17.1. The van der Waals surface area contributed by atoms with Gasteiger partial charge in [-0.05, 0) is 36.2 Å². The van der Waals surface area contributed by atoms with E-state index in [1.54, 1.807) is 0 Å².